The molecule has 1 rings (SSSR count). The Labute approximate surface area is 87.4 Å². The number of nitriles is 1. The van der Waals surface area contributed by atoms with Crippen molar-refractivity contribution >= 4 is 15.7 Å². The maximum atomic E-state index is 12.9. The van der Waals surface area contributed by atoms with Gasteiger partial charge < -0.3 is 0 Å². The first kappa shape index (κ1) is 11.5. The summed E-state index contributed by atoms with van der Waals surface area (Å²) in [6.45, 7) is 1.53. The molecule has 0 aromatic heterocycles. The number of rotatable bonds is 3. The van der Waals surface area contributed by atoms with E-state index in [1.807, 2.05) is 0 Å². The van der Waals surface area contributed by atoms with Crippen LogP contribution in [-0.2, 0) is 10.0 Å². The van der Waals surface area contributed by atoms with Crippen LogP contribution in [0.5, 0.6) is 0 Å². The SMILES string of the molecule is Cc1cc(NS(=O)(=O)CC#N)ccc1F. The normalized spacial score (nSPS) is 10.7. The third-order valence-corrected chi connectivity index (χ3v) is 2.74. The molecule has 0 fully saturated rings. The van der Waals surface area contributed by atoms with Gasteiger partial charge in [0.2, 0.25) is 10.0 Å². The summed E-state index contributed by atoms with van der Waals surface area (Å²) in [4.78, 5) is 0. The van der Waals surface area contributed by atoms with E-state index in [1.165, 1.54) is 31.2 Å². The highest BCUT2D eigenvalue weighted by Gasteiger charge is 2.09. The lowest BCUT2D eigenvalue weighted by molar-refractivity contribution is 0.604. The molecular formula is C9H9FN2O2S. The Balaban J connectivity index is 2.92. The van der Waals surface area contributed by atoms with E-state index < -0.39 is 21.6 Å². The predicted octanol–water partition coefficient (Wildman–Crippen LogP) is 1.40. The van der Waals surface area contributed by atoms with E-state index in [0.717, 1.165) is 0 Å². The second-order valence-corrected chi connectivity index (χ2v) is 4.71. The Bertz CT molecular complexity index is 505. The van der Waals surface area contributed by atoms with E-state index >= 15 is 0 Å². The number of hydrogen-bond donors (Lipinski definition) is 1. The lowest BCUT2D eigenvalue weighted by Crippen LogP contribution is -2.15. The van der Waals surface area contributed by atoms with Gasteiger partial charge in [-0.2, -0.15) is 5.26 Å². The number of nitrogens with one attached hydrogen (secondary N) is 1. The van der Waals surface area contributed by atoms with Crippen molar-refractivity contribution in [3.8, 4) is 6.07 Å². The van der Waals surface area contributed by atoms with Crippen LogP contribution in [-0.4, -0.2) is 14.2 Å². The molecule has 1 N–H and O–H groups in total. The van der Waals surface area contributed by atoms with E-state index in [0.29, 0.717) is 5.56 Å². The Morgan fingerprint density at radius 1 is 1.53 bits per heavy atom. The summed E-state index contributed by atoms with van der Waals surface area (Å²) in [5.41, 5.74) is 0.594. The largest absolute Gasteiger partial charge is 0.283 e. The number of benzene rings is 1. The van der Waals surface area contributed by atoms with Crippen molar-refractivity contribution in [1.82, 2.24) is 0 Å². The molecular weight excluding hydrogens is 219 g/mol. The first-order valence-corrected chi connectivity index (χ1v) is 5.73. The standard InChI is InChI=1S/C9H9FN2O2S/c1-7-6-8(2-3-9(7)10)12-15(13,14)5-4-11/h2-3,6,12H,5H2,1H3. The fourth-order valence-corrected chi connectivity index (χ4v) is 1.74. The summed E-state index contributed by atoms with van der Waals surface area (Å²) < 4.78 is 37.4. The average molecular weight is 228 g/mol. The van der Waals surface area contributed by atoms with Crippen molar-refractivity contribution in [3.63, 3.8) is 0 Å². The minimum atomic E-state index is -3.65. The van der Waals surface area contributed by atoms with Gasteiger partial charge in [0.15, 0.2) is 5.75 Å². The van der Waals surface area contributed by atoms with Crippen molar-refractivity contribution in [2.45, 2.75) is 6.92 Å². The van der Waals surface area contributed by atoms with Crippen LogP contribution in [0.1, 0.15) is 5.56 Å². The smallest absolute Gasteiger partial charge is 0.246 e. The first-order chi connectivity index (χ1) is 6.94. The molecule has 1 aromatic rings. The van der Waals surface area contributed by atoms with Gasteiger partial charge >= 0.3 is 0 Å². The van der Waals surface area contributed by atoms with Crippen LogP contribution < -0.4 is 4.72 Å². The molecule has 0 bridgehead atoms. The minimum absolute atomic E-state index is 0.254. The number of sulfonamides is 1. The molecule has 0 radical (unpaired) electrons. The van der Waals surface area contributed by atoms with Gasteiger partial charge in [0, 0.05) is 5.69 Å². The van der Waals surface area contributed by atoms with E-state index in [2.05, 4.69) is 4.72 Å². The van der Waals surface area contributed by atoms with Gasteiger partial charge in [-0.3, -0.25) is 4.72 Å². The van der Waals surface area contributed by atoms with Crippen LogP contribution in [0.2, 0.25) is 0 Å². The topological polar surface area (TPSA) is 70.0 Å². The lowest BCUT2D eigenvalue weighted by Gasteiger charge is -2.05. The molecule has 0 saturated carbocycles. The van der Waals surface area contributed by atoms with E-state index in [1.54, 1.807) is 0 Å². The zero-order valence-electron chi connectivity index (χ0n) is 7.99. The summed E-state index contributed by atoms with van der Waals surface area (Å²) in [7, 11) is -3.65. The maximum absolute atomic E-state index is 12.9. The lowest BCUT2D eigenvalue weighted by atomic mass is 10.2. The number of aryl methyl sites for hydroxylation is 1. The minimum Gasteiger partial charge on any atom is -0.283 e. The molecule has 0 aliphatic carbocycles. The Hall–Kier alpha value is -1.61. The molecule has 0 atom stereocenters. The molecule has 15 heavy (non-hydrogen) atoms. The second-order valence-electron chi connectivity index (χ2n) is 2.98. The van der Waals surface area contributed by atoms with Crippen LogP contribution in [0.4, 0.5) is 10.1 Å². The molecule has 1 aromatic carbocycles. The summed E-state index contributed by atoms with van der Waals surface area (Å²) in [5.74, 6) is -1.03. The zero-order chi connectivity index (χ0) is 11.5. The van der Waals surface area contributed by atoms with Crippen molar-refractivity contribution in [3.05, 3.63) is 29.6 Å². The van der Waals surface area contributed by atoms with Crippen LogP contribution >= 0.6 is 0 Å². The van der Waals surface area contributed by atoms with Crippen molar-refractivity contribution in [2.75, 3.05) is 10.5 Å². The molecule has 0 aliphatic heterocycles. The molecule has 0 unspecified atom stereocenters. The molecule has 0 heterocycles. The Kier molecular flexibility index (Phi) is 3.27. The van der Waals surface area contributed by atoms with Crippen LogP contribution in [0.3, 0.4) is 0 Å². The Morgan fingerprint density at radius 2 is 2.20 bits per heavy atom. The summed E-state index contributed by atoms with van der Waals surface area (Å²) in [5, 5.41) is 8.25. The molecule has 0 amide bonds. The van der Waals surface area contributed by atoms with Gasteiger partial charge in [-0.25, -0.2) is 12.8 Å². The number of anilines is 1. The molecule has 6 heteroatoms. The summed E-state index contributed by atoms with van der Waals surface area (Å²) in [6.07, 6.45) is 0. The van der Waals surface area contributed by atoms with Crippen molar-refractivity contribution in [1.29, 1.82) is 5.26 Å². The zero-order valence-corrected chi connectivity index (χ0v) is 8.81. The van der Waals surface area contributed by atoms with E-state index in [9.17, 15) is 12.8 Å². The third-order valence-electron chi connectivity index (χ3n) is 1.69. The first-order valence-electron chi connectivity index (χ1n) is 4.08. The number of halogens is 1. The fraction of sp³-hybridized carbons (Fsp3) is 0.222. The second kappa shape index (κ2) is 4.28. The van der Waals surface area contributed by atoms with Gasteiger partial charge in [-0.1, -0.05) is 0 Å². The highest BCUT2D eigenvalue weighted by molar-refractivity contribution is 7.92. The van der Waals surface area contributed by atoms with Gasteiger partial charge in [0.25, 0.3) is 0 Å². The van der Waals surface area contributed by atoms with Gasteiger partial charge in [0.05, 0.1) is 6.07 Å². The maximum Gasteiger partial charge on any atom is 0.246 e. The predicted molar refractivity (Wildman–Crippen MR) is 54.2 cm³/mol. The molecule has 0 saturated heterocycles. The highest BCUT2D eigenvalue weighted by atomic mass is 32.2. The van der Waals surface area contributed by atoms with E-state index in [-0.39, 0.29) is 5.69 Å². The monoisotopic (exact) mass is 228 g/mol. The quantitative estimate of drug-likeness (QED) is 0.850. The van der Waals surface area contributed by atoms with Gasteiger partial charge in [-0.15, -0.1) is 0 Å². The highest BCUT2D eigenvalue weighted by Crippen LogP contribution is 2.14. The molecule has 4 nitrogen and oxygen atoms in total. The van der Waals surface area contributed by atoms with Gasteiger partial charge in [-0.05, 0) is 30.7 Å². The Morgan fingerprint density at radius 3 is 2.73 bits per heavy atom. The van der Waals surface area contributed by atoms with Crippen molar-refractivity contribution < 1.29 is 12.8 Å². The fourth-order valence-electron chi connectivity index (χ4n) is 1.01. The summed E-state index contributed by atoms with van der Waals surface area (Å²) in [6, 6.07) is 5.36. The van der Waals surface area contributed by atoms with Crippen LogP contribution in [0.25, 0.3) is 0 Å². The van der Waals surface area contributed by atoms with Gasteiger partial charge in [0.1, 0.15) is 5.82 Å². The van der Waals surface area contributed by atoms with Crippen LogP contribution in [0.15, 0.2) is 18.2 Å². The molecule has 0 spiro atoms. The van der Waals surface area contributed by atoms with Crippen molar-refractivity contribution in [2.24, 2.45) is 0 Å². The third kappa shape index (κ3) is 3.22. The molecule has 0 aliphatic rings. The number of nitrogens with zero attached hydrogens (tertiary/aromatic N) is 1. The average Bonchev–Trinajstić information content (AvgIpc) is 2.10. The number of hydrogen-bond acceptors (Lipinski definition) is 3. The van der Waals surface area contributed by atoms with Crippen LogP contribution in [0, 0.1) is 24.1 Å². The molecule has 80 valence electrons. The van der Waals surface area contributed by atoms with E-state index in [4.69, 9.17) is 5.26 Å². The summed E-state index contributed by atoms with van der Waals surface area (Å²) >= 11 is 0.